The maximum atomic E-state index is 14.7. The number of anilines is 1. The van der Waals surface area contributed by atoms with E-state index in [0.29, 0.717) is 24.5 Å². The molecule has 0 spiro atoms. The van der Waals surface area contributed by atoms with E-state index in [1.54, 1.807) is 6.92 Å². The number of piperazine rings is 1. The quantitative estimate of drug-likeness (QED) is 0.341. The third-order valence-electron chi connectivity index (χ3n) is 8.44. The van der Waals surface area contributed by atoms with Crippen LogP contribution >= 0.6 is 0 Å². The molecule has 42 heavy (non-hydrogen) atoms. The van der Waals surface area contributed by atoms with Crippen LogP contribution in [0, 0.1) is 32.4 Å². The summed E-state index contributed by atoms with van der Waals surface area (Å²) < 4.78 is 31.8. The van der Waals surface area contributed by atoms with Gasteiger partial charge in [0.05, 0.1) is 13.1 Å². The van der Waals surface area contributed by atoms with Crippen molar-refractivity contribution in [3.8, 4) is 0 Å². The molecule has 9 heteroatoms. The molecule has 1 atom stereocenters. The summed E-state index contributed by atoms with van der Waals surface area (Å²) in [6.45, 7) is 8.88. The molecule has 7 nitrogen and oxygen atoms in total. The van der Waals surface area contributed by atoms with Crippen molar-refractivity contribution in [2.24, 2.45) is 5.73 Å². The van der Waals surface area contributed by atoms with Crippen LogP contribution < -0.4 is 21.9 Å². The van der Waals surface area contributed by atoms with Crippen LogP contribution in [0.25, 0.3) is 0 Å². The molecule has 4 aromatic rings. The first kappa shape index (κ1) is 29.4. The molecule has 0 bridgehead atoms. The molecule has 5 rings (SSSR count). The average Bonchev–Trinajstić information content (AvgIpc) is 2.98. The van der Waals surface area contributed by atoms with Crippen molar-refractivity contribution < 1.29 is 8.78 Å². The Morgan fingerprint density at radius 3 is 2.10 bits per heavy atom. The fourth-order valence-electron chi connectivity index (χ4n) is 5.70. The van der Waals surface area contributed by atoms with E-state index >= 15 is 0 Å². The van der Waals surface area contributed by atoms with Crippen molar-refractivity contribution in [3.63, 3.8) is 0 Å². The number of rotatable bonds is 8. The lowest BCUT2D eigenvalue weighted by Crippen LogP contribution is -2.51. The van der Waals surface area contributed by atoms with E-state index in [1.165, 1.54) is 27.3 Å². The van der Waals surface area contributed by atoms with Crippen LogP contribution in [-0.4, -0.2) is 40.2 Å². The fraction of sp³-hybridized carbons (Fsp3) is 0.333. The number of benzene rings is 3. The maximum Gasteiger partial charge on any atom is 0.331 e. The monoisotopic (exact) mass is 573 g/mol. The Labute approximate surface area is 244 Å². The van der Waals surface area contributed by atoms with E-state index in [-0.39, 0.29) is 18.7 Å². The molecule has 3 aromatic carbocycles. The number of halogens is 2. The summed E-state index contributed by atoms with van der Waals surface area (Å²) in [5, 5.41) is 0. The first-order chi connectivity index (χ1) is 20.2. The molecule has 0 radical (unpaired) electrons. The molecular weight excluding hydrogens is 536 g/mol. The smallest absolute Gasteiger partial charge is 0.331 e. The van der Waals surface area contributed by atoms with Crippen molar-refractivity contribution in [3.05, 3.63) is 133 Å². The number of nitrogens with two attached hydrogens (primary N) is 1. The third kappa shape index (κ3) is 5.93. The van der Waals surface area contributed by atoms with Gasteiger partial charge >= 0.3 is 5.69 Å². The summed E-state index contributed by atoms with van der Waals surface area (Å²) in [6.07, 6.45) is 0. The standard InChI is InChI=1S/C33H37F2N5O2/c1-22-9-7-12-26(23(22)2)19-37-15-17-38(18-16-37)31-24(3)39(20-27-28(34)13-8-14-29(27)35)33(42)40(32(31)41)21-30(36)25-10-5-4-6-11-25/h4-14,30H,15-21,36H2,1-3H3/t30-/m1/s1. The van der Waals surface area contributed by atoms with E-state index in [0.717, 1.165) is 41.9 Å². The Morgan fingerprint density at radius 2 is 1.43 bits per heavy atom. The van der Waals surface area contributed by atoms with Gasteiger partial charge in [0, 0.05) is 50.0 Å². The van der Waals surface area contributed by atoms with E-state index in [9.17, 15) is 18.4 Å². The van der Waals surface area contributed by atoms with Gasteiger partial charge in [-0.05, 0) is 55.2 Å². The van der Waals surface area contributed by atoms with Crippen molar-refractivity contribution >= 4 is 5.69 Å². The Morgan fingerprint density at radius 1 is 0.786 bits per heavy atom. The van der Waals surface area contributed by atoms with Crippen LogP contribution in [0.5, 0.6) is 0 Å². The van der Waals surface area contributed by atoms with Crippen LogP contribution in [0.2, 0.25) is 0 Å². The lowest BCUT2D eigenvalue weighted by Gasteiger charge is -2.37. The van der Waals surface area contributed by atoms with Gasteiger partial charge in [-0.25, -0.2) is 13.6 Å². The van der Waals surface area contributed by atoms with Gasteiger partial charge in [-0.15, -0.1) is 0 Å². The number of aryl methyl sites for hydroxylation is 1. The molecule has 220 valence electrons. The van der Waals surface area contributed by atoms with E-state index in [4.69, 9.17) is 5.73 Å². The van der Waals surface area contributed by atoms with Crippen LogP contribution in [0.1, 0.15) is 39.6 Å². The van der Waals surface area contributed by atoms with Gasteiger partial charge in [0.15, 0.2) is 0 Å². The summed E-state index contributed by atoms with van der Waals surface area (Å²) in [6, 6.07) is 18.5. The van der Waals surface area contributed by atoms with Gasteiger partial charge in [-0.1, -0.05) is 54.6 Å². The van der Waals surface area contributed by atoms with Crippen LogP contribution in [0.15, 0.2) is 76.3 Å². The summed E-state index contributed by atoms with van der Waals surface area (Å²) in [4.78, 5) is 32.0. The zero-order valence-electron chi connectivity index (χ0n) is 24.3. The zero-order chi connectivity index (χ0) is 30.0. The van der Waals surface area contributed by atoms with Gasteiger partial charge in [-0.2, -0.15) is 0 Å². The highest BCUT2D eigenvalue weighted by Crippen LogP contribution is 2.22. The summed E-state index contributed by atoms with van der Waals surface area (Å²) in [5.41, 5.74) is 10.4. The van der Waals surface area contributed by atoms with Gasteiger partial charge in [0.2, 0.25) is 0 Å². The molecular formula is C33H37F2N5O2. The van der Waals surface area contributed by atoms with Gasteiger partial charge in [0.25, 0.3) is 5.56 Å². The van der Waals surface area contributed by atoms with Gasteiger partial charge in [-0.3, -0.25) is 18.8 Å². The Bertz CT molecular complexity index is 1670. The minimum Gasteiger partial charge on any atom is -0.363 e. The number of nitrogens with zero attached hydrogens (tertiary/aromatic N) is 4. The number of hydrogen-bond donors (Lipinski definition) is 1. The minimum atomic E-state index is -0.748. The summed E-state index contributed by atoms with van der Waals surface area (Å²) in [7, 11) is 0. The van der Waals surface area contributed by atoms with E-state index in [2.05, 4.69) is 36.9 Å². The number of aromatic nitrogens is 2. The molecule has 0 saturated carbocycles. The summed E-state index contributed by atoms with van der Waals surface area (Å²) in [5.74, 6) is -1.50. The first-order valence-corrected chi connectivity index (χ1v) is 14.3. The minimum absolute atomic E-state index is 0.0681. The van der Waals surface area contributed by atoms with Crippen molar-refractivity contribution in [2.45, 2.75) is 46.4 Å². The molecule has 1 aromatic heterocycles. The second-order valence-electron chi connectivity index (χ2n) is 11.1. The predicted molar refractivity (Wildman–Crippen MR) is 162 cm³/mol. The van der Waals surface area contributed by atoms with Gasteiger partial charge < -0.3 is 10.6 Å². The normalized spacial score (nSPS) is 14.8. The van der Waals surface area contributed by atoms with E-state index in [1.807, 2.05) is 35.2 Å². The summed E-state index contributed by atoms with van der Waals surface area (Å²) >= 11 is 0. The molecule has 2 N–H and O–H groups in total. The molecule has 1 aliphatic heterocycles. The molecule has 0 amide bonds. The topological polar surface area (TPSA) is 76.5 Å². The predicted octanol–water partition coefficient (Wildman–Crippen LogP) is 4.28. The Kier molecular flexibility index (Phi) is 8.70. The lowest BCUT2D eigenvalue weighted by atomic mass is 10.0. The van der Waals surface area contributed by atoms with Gasteiger partial charge in [0.1, 0.15) is 17.3 Å². The lowest BCUT2D eigenvalue weighted by molar-refractivity contribution is 0.248. The SMILES string of the molecule is Cc1cccc(CN2CCN(c3c(C)n(Cc4c(F)cccc4F)c(=O)n(C[C@@H](N)c4ccccc4)c3=O)CC2)c1C. The van der Waals surface area contributed by atoms with Crippen LogP contribution in [0.3, 0.4) is 0 Å². The fourth-order valence-corrected chi connectivity index (χ4v) is 5.70. The first-order valence-electron chi connectivity index (χ1n) is 14.3. The highest BCUT2D eigenvalue weighted by atomic mass is 19.1. The maximum absolute atomic E-state index is 14.7. The molecule has 0 unspecified atom stereocenters. The molecule has 2 heterocycles. The Balaban J connectivity index is 1.50. The second-order valence-corrected chi connectivity index (χ2v) is 11.1. The molecule has 1 saturated heterocycles. The van der Waals surface area contributed by atoms with Crippen molar-refractivity contribution in [2.75, 3.05) is 31.1 Å². The Hall–Kier alpha value is -4.08. The molecule has 0 aliphatic carbocycles. The van der Waals surface area contributed by atoms with Crippen LogP contribution in [-0.2, 0) is 19.6 Å². The average molecular weight is 574 g/mol. The number of hydrogen-bond acceptors (Lipinski definition) is 5. The largest absolute Gasteiger partial charge is 0.363 e. The van der Waals surface area contributed by atoms with Crippen molar-refractivity contribution in [1.29, 1.82) is 0 Å². The molecule has 1 aliphatic rings. The third-order valence-corrected chi connectivity index (χ3v) is 8.44. The highest BCUT2D eigenvalue weighted by Gasteiger charge is 2.27. The van der Waals surface area contributed by atoms with E-state index < -0.39 is 28.9 Å². The molecule has 1 fully saturated rings. The van der Waals surface area contributed by atoms with Crippen molar-refractivity contribution in [1.82, 2.24) is 14.0 Å². The zero-order valence-corrected chi connectivity index (χ0v) is 24.3. The van der Waals surface area contributed by atoms with Crippen LogP contribution in [0.4, 0.5) is 14.5 Å². The highest BCUT2D eigenvalue weighted by molar-refractivity contribution is 5.50. The second kappa shape index (κ2) is 12.4.